The number of anilines is 1. The van der Waals surface area contributed by atoms with Crippen molar-refractivity contribution in [1.29, 1.82) is 0 Å². The number of ether oxygens (including phenoxy) is 3. The van der Waals surface area contributed by atoms with E-state index >= 15 is 0 Å². The number of carbonyl (C=O) groups is 4. The number of nitrogens with zero attached hydrogens (tertiary/aromatic N) is 2. The maximum Gasteiger partial charge on any atom is 0.343 e. The normalized spacial score (nSPS) is 10.6. The van der Waals surface area contributed by atoms with Gasteiger partial charge in [-0.25, -0.2) is 4.79 Å². The molecule has 10 nitrogen and oxygen atoms in total. The second kappa shape index (κ2) is 19.5. The number of rotatable bonds is 18. The molecule has 0 fully saturated rings. The Bertz CT molecular complexity index is 1720. The Morgan fingerprint density at radius 1 is 0.667 bits per heavy atom. The van der Waals surface area contributed by atoms with Gasteiger partial charge in [0.25, 0.3) is 5.91 Å². The van der Waals surface area contributed by atoms with Crippen molar-refractivity contribution in [3.8, 4) is 17.2 Å². The van der Waals surface area contributed by atoms with Crippen LogP contribution in [0, 0.1) is 0 Å². The summed E-state index contributed by atoms with van der Waals surface area (Å²) in [6, 6.07) is 27.5. The predicted octanol–water partition coefficient (Wildman–Crippen LogP) is 7.18. The minimum Gasteiger partial charge on any atom is -0.497 e. The molecule has 0 aliphatic rings. The van der Waals surface area contributed by atoms with Gasteiger partial charge in [-0.15, -0.1) is 0 Å². The van der Waals surface area contributed by atoms with Crippen LogP contribution in [-0.4, -0.2) is 67.8 Å². The zero-order chi connectivity index (χ0) is 36.6. The van der Waals surface area contributed by atoms with Crippen LogP contribution < -0.4 is 19.5 Å². The lowest BCUT2D eigenvalue weighted by Crippen LogP contribution is -2.39. The van der Waals surface area contributed by atoms with Crippen molar-refractivity contribution in [1.82, 2.24) is 9.80 Å². The maximum atomic E-state index is 13.6. The van der Waals surface area contributed by atoms with Gasteiger partial charge in [-0.2, -0.15) is 0 Å². The Morgan fingerprint density at radius 2 is 1.25 bits per heavy atom. The molecule has 0 aliphatic heterocycles. The summed E-state index contributed by atoms with van der Waals surface area (Å²) in [7, 11) is 4.85. The van der Waals surface area contributed by atoms with E-state index in [-0.39, 0.29) is 37.2 Å². The Hall–Kier alpha value is -5.64. The quantitative estimate of drug-likeness (QED) is 0.0668. The summed E-state index contributed by atoms with van der Waals surface area (Å²) < 4.78 is 16.5. The lowest BCUT2D eigenvalue weighted by atomic mass is 10.1. The molecule has 1 N–H and O–H groups in total. The number of unbranched alkanes of at least 4 members (excludes halogenated alkanes) is 4. The molecule has 0 bridgehead atoms. The minimum atomic E-state index is -0.498. The molecule has 0 aliphatic carbocycles. The van der Waals surface area contributed by atoms with Crippen LogP contribution in [-0.2, 0) is 22.6 Å². The van der Waals surface area contributed by atoms with E-state index in [4.69, 9.17) is 14.2 Å². The Kier molecular flexibility index (Phi) is 14.6. The number of esters is 1. The SMILES string of the molecule is CCCCCCCOc1ccc(C(=O)Oc2ccc(CN(CC(=O)N(C)C)C(=O)c3ccc(NC(=O)Cc4ccc(OC)cc4)cc3)cc2)cc1. The molecular weight excluding hydrogens is 646 g/mol. The number of carbonyl (C=O) groups excluding carboxylic acids is 4. The van der Waals surface area contributed by atoms with E-state index in [0.29, 0.717) is 40.7 Å². The average molecular weight is 694 g/mol. The Balaban J connectivity index is 1.33. The summed E-state index contributed by atoms with van der Waals surface area (Å²) in [6.45, 7) is 2.84. The molecule has 3 amide bonds. The van der Waals surface area contributed by atoms with Crippen molar-refractivity contribution in [2.45, 2.75) is 52.0 Å². The lowest BCUT2D eigenvalue weighted by molar-refractivity contribution is -0.129. The molecule has 4 aromatic rings. The van der Waals surface area contributed by atoms with Gasteiger partial charge in [0.05, 0.1) is 25.7 Å². The Labute approximate surface area is 300 Å². The second-order valence-electron chi connectivity index (χ2n) is 12.4. The van der Waals surface area contributed by atoms with Crippen LogP contribution >= 0.6 is 0 Å². The minimum absolute atomic E-state index is 0.137. The van der Waals surface area contributed by atoms with Crippen LogP contribution in [0.3, 0.4) is 0 Å². The molecule has 0 spiro atoms. The summed E-state index contributed by atoms with van der Waals surface area (Å²) in [4.78, 5) is 54.6. The van der Waals surface area contributed by atoms with E-state index in [0.717, 1.165) is 24.0 Å². The van der Waals surface area contributed by atoms with E-state index in [9.17, 15) is 19.2 Å². The molecular formula is C41H47N3O7. The summed E-state index contributed by atoms with van der Waals surface area (Å²) in [5, 5.41) is 2.85. The first kappa shape index (κ1) is 38.2. The van der Waals surface area contributed by atoms with Crippen LogP contribution in [0.25, 0.3) is 0 Å². The van der Waals surface area contributed by atoms with Gasteiger partial charge in [-0.1, -0.05) is 56.9 Å². The summed E-state index contributed by atoms with van der Waals surface area (Å²) in [5.74, 6) is 0.497. The smallest absolute Gasteiger partial charge is 0.343 e. The fourth-order valence-electron chi connectivity index (χ4n) is 5.15. The topological polar surface area (TPSA) is 114 Å². The predicted molar refractivity (Wildman–Crippen MR) is 197 cm³/mol. The van der Waals surface area contributed by atoms with Crippen LogP contribution in [0.1, 0.15) is 70.9 Å². The maximum absolute atomic E-state index is 13.6. The number of amides is 3. The highest BCUT2D eigenvalue weighted by atomic mass is 16.5. The van der Waals surface area contributed by atoms with Crippen molar-refractivity contribution in [3.05, 3.63) is 119 Å². The zero-order valence-electron chi connectivity index (χ0n) is 29.9. The first-order chi connectivity index (χ1) is 24.6. The van der Waals surface area contributed by atoms with Gasteiger partial charge in [-0.3, -0.25) is 14.4 Å². The summed E-state index contributed by atoms with van der Waals surface area (Å²) >= 11 is 0. The molecule has 51 heavy (non-hydrogen) atoms. The van der Waals surface area contributed by atoms with Crippen LogP contribution in [0.5, 0.6) is 17.2 Å². The number of nitrogens with one attached hydrogen (secondary N) is 1. The molecule has 0 saturated heterocycles. The van der Waals surface area contributed by atoms with Gasteiger partial charge < -0.3 is 29.3 Å². The van der Waals surface area contributed by atoms with Crippen LogP contribution in [0.4, 0.5) is 5.69 Å². The van der Waals surface area contributed by atoms with E-state index in [1.165, 1.54) is 29.1 Å². The first-order valence-corrected chi connectivity index (χ1v) is 17.2. The molecule has 0 atom stereocenters. The third-order valence-corrected chi connectivity index (χ3v) is 8.17. The van der Waals surface area contributed by atoms with Crippen LogP contribution in [0.15, 0.2) is 97.1 Å². The number of methoxy groups -OCH3 is 1. The molecule has 0 saturated carbocycles. The van der Waals surface area contributed by atoms with Crippen molar-refractivity contribution in [2.24, 2.45) is 0 Å². The van der Waals surface area contributed by atoms with Crippen molar-refractivity contribution in [2.75, 3.05) is 39.7 Å². The molecule has 4 rings (SSSR count). The fourth-order valence-corrected chi connectivity index (χ4v) is 5.15. The van der Waals surface area contributed by atoms with Crippen molar-refractivity contribution >= 4 is 29.4 Å². The number of hydrogen-bond donors (Lipinski definition) is 1. The number of likely N-dealkylation sites (N-methyl/N-ethyl adjacent to an activating group) is 1. The van der Waals surface area contributed by atoms with E-state index in [1.54, 1.807) is 106 Å². The van der Waals surface area contributed by atoms with E-state index in [1.807, 2.05) is 12.1 Å². The van der Waals surface area contributed by atoms with Gasteiger partial charge in [0.15, 0.2) is 0 Å². The second-order valence-corrected chi connectivity index (χ2v) is 12.4. The van der Waals surface area contributed by atoms with Crippen molar-refractivity contribution in [3.63, 3.8) is 0 Å². The third-order valence-electron chi connectivity index (χ3n) is 8.17. The summed E-state index contributed by atoms with van der Waals surface area (Å²) in [5.41, 5.74) is 2.89. The van der Waals surface area contributed by atoms with Gasteiger partial charge in [0.1, 0.15) is 23.8 Å². The largest absolute Gasteiger partial charge is 0.497 e. The highest BCUT2D eigenvalue weighted by Gasteiger charge is 2.21. The number of hydrogen-bond acceptors (Lipinski definition) is 7. The van der Waals surface area contributed by atoms with E-state index in [2.05, 4.69) is 12.2 Å². The fraction of sp³-hybridized carbons (Fsp3) is 0.317. The molecule has 4 aromatic carbocycles. The molecule has 0 radical (unpaired) electrons. The Morgan fingerprint density at radius 3 is 1.88 bits per heavy atom. The van der Waals surface area contributed by atoms with Gasteiger partial charge in [0.2, 0.25) is 11.8 Å². The third kappa shape index (κ3) is 12.3. The number of benzene rings is 4. The molecule has 0 unspecified atom stereocenters. The van der Waals surface area contributed by atoms with Crippen LogP contribution in [0.2, 0.25) is 0 Å². The molecule has 0 aromatic heterocycles. The highest BCUT2D eigenvalue weighted by Crippen LogP contribution is 2.20. The standard InChI is InChI=1S/C41H47N3O7/c1-5-6-7-8-9-26-50-36-24-16-33(17-25-36)41(48)51-37-22-12-31(13-23-37)28-44(29-39(46)43(2)3)40(47)32-14-18-34(19-15-32)42-38(45)27-30-10-20-35(49-4)21-11-30/h10-25H,5-9,26-29H2,1-4H3,(H,42,45). The monoisotopic (exact) mass is 693 g/mol. The lowest BCUT2D eigenvalue weighted by Gasteiger charge is -2.24. The van der Waals surface area contributed by atoms with Gasteiger partial charge in [0, 0.05) is 31.9 Å². The van der Waals surface area contributed by atoms with Gasteiger partial charge in [-0.05, 0) is 90.3 Å². The first-order valence-electron chi connectivity index (χ1n) is 17.2. The average Bonchev–Trinajstić information content (AvgIpc) is 3.14. The zero-order valence-corrected chi connectivity index (χ0v) is 29.9. The van der Waals surface area contributed by atoms with Crippen molar-refractivity contribution < 1.29 is 33.4 Å². The van der Waals surface area contributed by atoms with E-state index < -0.39 is 5.97 Å². The highest BCUT2D eigenvalue weighted by molar-refractivity contribution is 5.98. The molecule has 0 heterocycles. The van der Waals surface area contributed by atoms with Gasteiger partial charge >= 0.3 is 5.97 Å². The molecule has 268 valence electrons. The molecule has 10 heteroatoms. The summed E-state index contributed by atoms with van der Waals surface area (Å²) in [6.07, 6.45) is 5.98.